The molecule has 0 atom stereocenters. The molecule has 0 bridgehead atoms. The summed E-state index contributed by atoms with van der Waals surface area (Å²) >= 11 is 0. The van der Waals surface area contributed by atoms with Crippen molar-refractivity contribution in [1.82, 2.24) is 4.98 Å². The number of pyridine rings is 1. The van der Waals surface area contributed by atoms with E-state index in [0.717, 1.165) is 0 Å². The Labute approximate surface area is 103 Å². The number of ether oxygens (including phenoxy) is 1. The van der Waals surface area contributed by atoms with Crippen LogP contribution in [-0.2, 0) is 6.61 Å². The zero-order valence-corrected chi connectivity index (χ0v) is 9.34. The van der Waals surface area contributed by atoms with Crippen LogP contribution in [0.4, 0.5) is 4.39 Å². The Hall–Kier alpha value is -2.43. The number of carboxylic acid groups (broad SMARTS) is 1. The highest BCUT2D eigenvalue weighted by atomic mass is 19.1. The van der Waals surface area contributed by atoms with Gasteiger partial charge in [0.15, 0.2) is 0 Å². The van der Waals surface area contributed by atoms with Crippen molar-refractivity contribution in [2.24, 2.45) is 0 Å². The molecule has 2 rings (SSSR count). The van der Waals surface area contributed by atoms with Crippen molar-refractivity contribution in [3.63, 3.8) is 0 Å². The van der Waals surface area contributed by atoms with Crippen LogP contribution < -0.4 is 4.74 Å². The van der Waals surface area contributed by atoms with Gasteiger partial charge in [0.05, 0.1) is 11.8 Å². The highest BCUT2D eigenvalue weighted by molar-refractivity contribution is 5.87. The van der Waals surface area contributed by atoms with Gasteiger partial charge in [-0.2, -0.15) is 0 Å². The molecular weight excluding hydrogens is 237 g/mol. The monoisotopic (exact) mass is 247 g/mol. The Morgan fingerprint density at radius 2 is 2.17 bits per heavy atom. The number of carbonyl (C=O) groups is 1. The second kappa shape index (κ2) is 5.27. The van der Waals surface area contributed by atoms with Crippen LogP contribution in [-0.4, -0.2) is 16.1 Å². The van der Waals surface area contributed by atoms with Crippen LogP contribution in [0.3, 0.4) is 0 Å². The standard InChI is InChI=1S/C13H10FNO3/c14-11-3-1-2-9(4-11)8-18-12-5-10(13(16)17)6-15-7-12/h1-7H,8H2,(H,16,17). The third kappa shape index (κ3) is 3.04. The minimum Gasteiger partial charge on any atom is -0.487 e. The lowest BCUT2D eigenvalue weighted by molar-refractivity contribution is 0.0696. The summed E-state index contributed by atoms with van der Waals surface area (Å²) in [5.74, 6) is -1.08. The third-order valence-corrected chi connectivity index (χ3v) is 2.25. The Morgan fingerprint density at radius 3 is 2.89 bits per heavy atom. The molecule has 0 saturated carbocycles. The molecule has 2 aromatic rings. The SMILES string of the molecule is O=C(O)c1cncc(OCc2cccc(F)c2)c1. The number of hydrogen-bond donors (Lipinski definition) is 1. The first-order valence-corrected chi connectivity index (χ1v) is 5.21. The molecule has 0 radical (unpaired) electrons. The highest BCUT2D eigenvalue weighted by Gasteiger charge is 2.05. The molecule has 0 spiro atoms. The molecule has 0 unspecified atom stereocenters. The van der Waals surface area contributed by atoms with Crippen LogP contribution in [0.1, 0.15) is 15.9 Å². The van der Waals surface area contributed by atoms with Gasteiger partial charge in [-0.05, 0) is 23.8 Å². The van der Waals surface area contributed by atoms with Gasteiger partial charge in [0.25, 0.3) is 0 Å². The average Bonchev–Trinajstić information content (AvgIpc) is 2.37. The Bertz CT molecular complexity index is 572. The Balaban J connectivity index is 2.06. The van der Waals surface area contributed by atoms with Crippen LogP contribution in [0, 0.1) is 5.82 Å². The van der Waals surface area contributed by atoms with E-state index >= 15 is 0 Å². The molecule has 0 aliphatic carbocycles. The van der Waals surface area contributed by atoms with Crippen molar-refractivity contribution < 1.29 is 19.0 Å². The minimum atomic E-state index is -1.07. The summed E-state index contributed by atoms with van der Waals surface area (Å²) < 4.78 is 18.3. The van der Waals surface area contributed by atoms with Crippen molar-refractivity contribution in [3.8, 4) is 5.75 Å². The van der Waals surface area contributed by atoms with Crippen LogP contribution in [0.15, 0.2) is 42.7 Å². The maximum Gasteiger partial charge on any atom is 0.337 e. The van der Waals surface area contributed by atoms with E-state index < -0.39 is 5.97 Å². The first-order chi connectivity index (χ1) is 8.65. The number of carboxylic acids is 1. The second-order valence-electron chi connectivity index (χ2n) is 3.63. The van der Waals surface area contributed by atoms with Crippen molar-refractivity contribution in [3.05, 3.63) is 59.7 Å². The van der Waals surface area contributed by atoms with Gasteiger partial charge in [-0.25, -0.2) is 9.18 Å². The van der Waals surface area contributed by atoms with E-state index in [2.05, 4.69) is 4.98 Å². The molecule has 1 heterocycles. The molecule has 0 aliphatic rings. The molecule has 4 nitrogen and oxygen atoms in total. The van der Waals surface area contributed by atoms with E-state index in [9.17, 15) is 9.18 Å². The van der Waals surface area contributed by atoms with E-state index in [4.69, 9.17) is 9.84 Å². The van der Waals surface area contributed by atoms with Gasteiger partial charge < -0.3 is 9.84 Å². The van der Waals surface area contributed by atoms with Gasteiger partial charge in [0.1, 0.15) is 18.2 Å². The maximum absolute atomic E-state index is 12.9. The van der Waals surface area contributed by atoms with E-state index in [-0.39, 0.29) is 18.0 Å². The lowest BCUT2D eigenvalue weighted by Crippen LogP contribution is -2.00. The highest BCUT2D eigenvalue weighted by Crippen LogP contribution is 2.14. The number of halogens is 1. The summed E-state index contributed by atoms with van der Waals surface area (Å²) in [6.07, 6.45) is 2.64. The fourth-order valence-corrected chi connectivity index (χ4v) is 1.41. The summed E-state index contributed by atoms with van der Waals surface area (Å²) in [5, 5.41) is 8.79. The summed E-state index contributed by atoms with van der Waals surface area (Å²) in [6, 6.07) is 7.37. The zero-order valence-electron chi connectivity index (χ0n) is 9.34. The normalized spacial score (nSPS) is 10.1. The van der Waals surface area contributed by atoms with Gasteiger partial charge >= 0.3 is 5.97 Å². The van der Waals surface area contributed by atoms with Crippen LogP contribution in [0.2, 0.25) is 0 Å². The van der Waals surface area contributed by atoms with Crippen molar-refractivity contribution in [2.45, 2.75) is 6.61 Å². The van der Waals surface area contributed by atoms with Gasteiger partial charge in [0, 0.05) is 6.20 Å². The van der Waals surface area contributed by atoms with E-state index in [1.807, 2.05) is 0 Å². The number of aromatic nitrogens is 1. The maximum atomic E-state index is 12.9. The van der Waals surface area contributed by atoms with Gasteiger partial charge in [-0.15, -0.1) is 0 Å². The molecule has 1 N–H and O–H groups in total. The first kappa shape index (κ1) is 12.0. The summed E-state index contributed by atoms with van der Waals surface area (Å²) in [7, 11) is 0. The molecule has 1 aromatic heterocycles. The second-order valence-corrected chi connectivity index (χ2v) is 3.63. The third-order valence-electron chi connectivity index (χ3n) is 2.25. The van der Waals surface area contributed by atoms with E-state index in [0.29, 0.717) is 11.3 Å². The predicted molar refractivity (Wildman–Crippen MR) is 61.9 cm³/mol. The molecule has 5 heteroatoms. The van der Waals surface area contributed by atoms with Crippen LogP contribution >= 0.6 is 0 Å². The first-order valence-electron chi connectivity index (χ1n) is 5.21. The molecule has 1 aromatic carbocycles. The van der Waals surface area contributed by atoms with Crippen LogP contribution in [0.5, 0.6) is 5.75 Å². The molecule has 0 fully saturated rings. The fourth-order valence-electron chi connectivity index (χ4n) is 1.41. The number of rotatable bonds is 4. The van der Waals surface area contributed by atoms with Gasteiger partial charge in [-0.3, -0.25) is 4.98 Å². The summed E-state index contributed by atoms with van der Waals surface area (Å²) in [5.41, 5.74) is 0.711. The quantitative estimate of drug-likeness (QED) is 0.901. The number of hydrogen-bond acceptors (Lipinski definition) is 3. The average molecular weight is 247 g/mol. The topological polar surface area (TPSA) is 59.4 Å². The van der Waals surface area contributed by atoms with Gasteiger partial charge in [0.2, 0.25) is 0 Å². The smallest absolute Gasteiger partial charge is 0.337 e. The number of nitrogens with zero attached hydrogens (tertiary/aromatic N) is 1. The molecule has 0 aliphatic heterocycles. The molecular formula is C13H10FNO3. The number of aromatic carboxylic acids is 1. The summed E-state index contributed by atoms with van der Waals surface area (Å²) in [6.45, 7) is 0.155. The minimum absolute atomic E-state index is 0.0479. The van der Waals surface area contributed by atoms with Crippen molar-refractivity contribution in [1.29, 1.82) is 0 Å². The lowest BCUT2D eigenvalue weighted by atomic mass is 10.2. The lowest BCUT2D eigenvalue weighted by Gasteiger charge is -2.06. The van der Waals surface area contributed by atoms with E-state index in [1.54, 1.807) is 12.1 Å². The molecule has 92 valence electrons. The van der Waals surface area contributed by atoms with Crippen LogP contribution in [0.25, 0.3) is 0 Å². The number of benzene rings is 1. The molecule has 18 heavy (non-hydrogen) atoms. The predicted octanol–water partition coefficient (Wildman–Crippen LogP) is 2.50. The van der Waals surface area contributed by atoms with Crippen molar-refractivity contribution in [2.75, 3.05) is 0 Å². The van der Waals surface area contributed by atoms with Crippen molar-refractivity contribution >= 4 is 5.97 Å². The van der Waals surface area contributed by atoms with Gasteiger partial charge in [-0.1, -0.05) is 12.1 Å². The zero-order chi connectivity index (χ0) is 13.0. The fraction of sp³-hybridized carbons (Fsp3) is 0.0769. The largest absolute Gasteiger partial charge is 0.487 e. The Morgan fingerprint density at radius 1 is 1.33 bits per heavy atom. The Kier molecular flexibility index (Phi) is 3.52. The molecule has 0 saturated heterocycles. The summed E-state index contributed by atoms with van der Waals surface area (Å²) in [4.78, 5) is 14.5. The van der Waals surface area contributed by atoms with E-state index in [1.165, 1.54) is 30.6 Å². The molecule has 0 amide bonds.